The molecule has 3 N–H and O–H groups in total. The van der Waals surface area contributed by atoms with E-state index in [0.29, 0.717) is 18.3 Å². The largest absolute Gasteiger partial charge is 0.508 e. The number of rotatable bonds is 6. The van der Waals surface area contributed by atoms with Gasteiger partial charge in [-0.15, -0.1) is 11.3 Å². The Kier molecular flexibility index (Phi) is 6.57. The molecule has 5 rings (SSSR count). The second-order valence-electron chi connectivity index (χ2n) is 8.32. The maximum atomic E-state index is 9.63. The molecule has 0 bridgehead atoms. The SMILES string of the molecule is Oc1cccc(OCC2CCCN(c3cccc(-c4csc(NC5=NCCCN5)n4)n3)C2)c1. The summed E-state index contributed by atoms with van der Waals surface area (Å²) in [4.78, 5) is 16.4. The van der Waals surface area contributed by atoms with Gasteiger partial charge in [-0.3, -0.25) is 4.99 Å². The number of phenolic OH excluding ortho intramolecular Hbond substituents is 1. The molecule has 0 spiro atoms. The number of pyridine rings is 1. The summed E-state index contributed by atoms with van der Waals surface area (Å²) in [5.74, 6) is 3.09. The lowest BCUT2D eigenvalue weighted by Crippen LogP contribution is -2.38. The molecule has 0 saturated carbocycles. The molecule has 9 heteroatoms. The van der Waals surface area contributed by atoms with Crippen molar-refractivity contribution in [3.05, 3.63) is 47.8 Å². The smallest absolute Gasteiger partial charge is 0.197 e. The Balaban J connectivity index is 1.22. The van der Waals surface area contributed by atoms with Crippen molar-refractivity contribution in [3.63, 3.8) is 0 Å². The molecule has 2 aromatic heterocycles. The van der Waals surface area contributed by atoms with Crippen molar-refractivity contribution in [2.24, 2.45) is 10.9 Å². The molecule has 172 valence electrons. The van der Waals surface area contributed by atoms with Crippen LogP contribution in [0.25, 0.3) is 11.4 Å². The van der Waals surface area contributed by atoms with Crippen molar-refractivity contribution in [1.82, 2.24) is 15.3 Å². The Bertz CT molecular complexity index is 1120. The molecule has 4 heterocycles. The van der Waals surface area contributed by atoms with E-state index in [9.17, 15) is 5.11 Å². The number of aliphatic imine (C=N–C) groups is 1. The predicted octanol–water partition coefficient (Wildman–Crippen LogP) is 3.97. The zero-order valence-corrected chi connectivity index (χ0v) is 19.2. The Morgan fingerprint density at radius 2 is 2.09 bits per heavy atom. The first kappa shape index (κ1) is 21.5. The van der Waals surface area contributed by atoms with Gasteiger partial charge in [0.05, 0.1) is 12.3 Å². The highest BCUT2D eigenvalue weighted by Gasteiger charge is 2.22. The topological polar surface area (TPSA) is 94.9 Å². The van der Waals surface area contributed by atoms with E-state index in [4.69, 9.17) is 14.7 Å². The summed E-state index contributed by atoms with van der Waals surface area (Å²) in [5, 5.41) is 19.0. The van der Waals surface area contributed by atoms with Crippen LogP contribution in [-0.4, -0.2) is 53.8 Å². The van der Waals surface area contributed by atoms with Crippen LogP contribution in [0.1, 0.15) is 19.3 Å². The fourth-order valence-corrected chi connectivity index (χ4v) is 4.81. The number of phenols is 1. The van der Waals surface area contributed by atoms with E-state index in [2.05, 4.69) is 26.6 Å². The van der Waals surface area contributed by atoms with Gasteiger partial charge in [0.2, 0.25) is 0 Å². The van der Waals surface area contributed by atoms with Crippen LogP contribution in [0.2, 0.25) is 0 Å². The summed E-state index contributed by atoms with van der Waals surface area (Å²) < 4.78 is 5.93. The van der Waals surface area contributed by atoms with Crippen LogP contribution in [0.5, 0.6) is 11.5 Å². The number of benzene rings is 1. The minimum atomic E-state index is 0.224. The average Bonchev–Trinajstić information content (AvgIpc) is 3.32. The van der Waals surface area contributed by atoms with Gasteiger partial charge in [0.15, 0.2) is 11.1 Å². The van der Waals surface area contributed by atoms with Crippen LogP contribution in [0.4, 0.5) is 10.9 Å². The molecular formula is C24H28N6O2S. The van der Waals surface area contributed by atoms with E-state index in [1.165, 1.54) is 0 Å². The first-order valence-corrected chi connectivity index (χ1v) is 12.3. The molecule has 1 unspecified atom stereocenters. The van der Waals surface area contributed by atoms with E-state index in [1.807, 2.05) is 23.6 Å². The molecule has 33 heavy (non-hydrogen) atoms. The summed E-state index contributed by atoms with van der Waals surface area (Å²) in [6, 6.07) is 13.1. The van der Waals surface area contributed by atoms with Crippen molar-refractivity contribution in [1.29, 1.82) is 0 Å². The number of aromatic nitrogens is 2. The predicted molar refractivity (Wildman–Crippen MR) is 132 cm³/mol. The Labute approximate surface area is 197 Å². The summed E-state index contributed by atoms with van der Waals surface area (Å²) in [7, 11) is 0. The first-order chi connectivity index (χ1) is 16.2. The maximum Gasteiger partial charge on any atom is 0.197 e. The summed E-state index contributed by atoms with van der Waals surface area (Å²) in [6.45, 7) is 4.27. The fraction of sp³-hybridized carbons (Fsp3) is 0.375. The van der Waals surface area contributed by atoms with E-state index >= 15 is 0 Å². The van der Waals surface area contributed by atoms with Gasteiger partial charge in [-0.1, -0.05) is 12.1 Å². The van der Waals surface area contributed by atoms with Gasteiger partial charge in [-0.25, -0.2) is 9.97 Å². The van der Waals surface area contributed by atoms with Crippen LogP contribution in [0, 0.1) is 5.92 Å². The number of aromatic hydroxyl groups is 1. The zero-order valence-electron chi connectivity index (χ0n) is 18.4. The number of nitrogens with one attached hydrogen (secondary N) is 2. The zero-order chi connectivity index (χ0) is 22.5. The molecule has 2 aliphatic heterocycles. The van der Waals surface area contributed by atoms with Crippen molar-refractivity contribution in [2.75, 3.05) is 43.0 Å². The molecule has 3 aromatic rings. The summed E-state index contributed by atoms with van der Waals surface area (Å²) >= 11 is 1.55. The standard InChI is InChI=1S/C24H28N6O2S/c31-18-6-1-7-19(13-18)32-15-17-5-3-12-30(14-17)22-9-2-8-20(27-22)21-16-33-24(28-21)29-23-25-10-4-11-26-23/h1-2,6-9,13,16-17,31H,3-5,10-12,14-15H2,(H2,25,26,28,29). The molecule has 2 aliphatic rings. The minimum Gasteiger partial charge on any atom is -0.508 e. The highest BCUT2D eigenvalue weighted by atomic mass is 32.1. The van der Waals surface area contributed by atoms with E-state index < -0.39 is 0 Å². The third-order valence-corrected chi connectivity index (χ3v) is 6.53. The van der Waals surface area contributed by atoms with Crippen LogP contribution in [0.3, 0.4) is 0 Å². The first-order valence-electron chi connectivity index (χ1n) is 11.4. The quantitative estimate of drug-likeness (QED) is 0.508. The summed E-state index contributed by atoms with van der Waals surface area (Å²) in [6.07, 6.45) is 3.28. The number of hydrogen-bond acceptors (Lipinski definition) is 9. The van der Waals surface area contributed by atoms with Crippen LogP contribution < -0.4 is 20.3 Å². The van der Waals surface area contributed by atoms with Gasteiger partial charge in [-0.05, 0) is 43.5 Å². The number of piperidine rings is 1. The van der Waals surface area contributed by atoms with Gasteiger partial charge in [-0.2, -0.15) is 0 Å². The molecule has 0 amide bonds. The average molecular weight is 465 g/mol. The second-order valence-corrected chi connectivity index (χ2v) is 9.18. The Morgan fingerprint density at radius 3 is 2.97 bits per heavy atom. The van der Waals surface area contributed by atoms with Gasteiger partial charge in [0, 0.05) is 43.5 Å². The lowest BCUT2D eigenvalue weighted by molar-refractivity contribution is 0.228. The van der Waals surface area contributed by atoms with Gasteiger partial charge >= 0.3 is 0 Å². The molecule has 1 aromatic carbocycles. The van der Waals surface area contributed by atoms with Crippen molar-refractivity contribution < 1.29 is 9.84 Å². The number of anilines is 2. The monoisotopic (exact) mass is 464 g/mol. The maximum absolute atomic E-state index is 9.63. The molecule has 1 atom stereocenters. The number of hydrogen-bond donors (Lipinski definition) is 3. The van der Waals surface area contributed by atoms with Gasteiger partial charge < -0.3 is 25.4 Å². The van der Waals surface area contributed by atoms with Crippen molar-refractivity contribution in [2.45, 2.75) is 19.3 Å². The normalized spacial score (nSPS) is 18.4. The molecule has 1 fully saturated rings. The molecule has 8 nitrogen and oxygen atoms in total. The number of ether oxygens (including phenoxy) is 1. The minimum absolute atomic E-state index is 0.224. The highest BCUT2D eigenvalue weighted by Crippen LogP contribution is 2.28. The van der Waals surface area contributed by atoms with Crippen LogP contribution in [-0.2, 0) is 0 Å². The highest BCUT2D eigenvalue weighted by molar-refractivity contribution is 7.14. The Morgan fingerprint density at radius 1 is 1.15 bits per heavy atom. The molecular weight excluding hydrogens is 436 g/mol. The second kappa shape index (κ2) is 10.1. The van der Waals surface area contributed by atoms with Crippen molar-refractivity contribution >= 4 is 28.2 Å². The summed E-state index contributed by atoms with van der Waals surface area (Å²) in [5.41, 5.74) is 1.73. The van der Waals surface area contributed by atoms with E-state index in [-0.39, 0.29) is 5.75 Å². The van der Waals surface area contributed by atoms with Gasteiger partial charge in [0.25, 0.3) is 0 Å². The molecule has 0 aliphatic carbocycles. The number of thiazole rings is 1. The van der Waals surface area contributed by atoms with Crippen LogP contribution in [0.15, 0.2) is 52.8 Å². The number of guanidine groups is 1. The van der Waals surface area contributed by atoms with Crippen molar-refractivity contribution in [3.8, 4) is 22.9 Å². The number of nitrogens with zero attached hydrogens (tertiary/aromatic N) is 4. The Hall–Kier alpha value is -3.33. The third kappa shape index (κ3) is 5.54. The van der Waals surface area contributed by atoms with Gasteiger partial charge in [0.1, 0.15) is 23.0 Å². The van der Waals surface area contributed by atoms with E-state index in [1.54, 1.807) is 29.5 Å². The molecule has 0 radical (unpaired) electrons. The van der Waals surface area contributed by atoms with E-state index in [0.717, 1.165) is 73.7 Å². The lowest BCUT2D eigenvalue weighted by Gasteiger charge is -2.33. The molecule has 1 saturated heterocycles. The van der Waals surface area contributed by atoms with Crippen LogP contribution >= 0.6 is 11.3 Å². The fourth-order valence-electron chi connectivity index (χ4n) is 4.11. The lowest BCUT2D eigenvalue weighted by atomic mass is 9.99. The third-order valence-electron chi connectivity index (χ3n) is 5.77.